The van der Waals surface area contributed by atoms with Gasteiger partial charge in [0.25, 0.3) is 0 Å². The summed E-state index contributed by atoms with van der Waals surface area (Å²) in [6, 6.07) is 4.99. The van der Waals surface area contributed by atoms with Gasteiger partial charge in [-0.25, -0.2) is 13.2 Å². The maximum Gasteiger partial charge on any atom is 0.410 e. The van der Waals surface area contributed by atoms with E-state index in [1.54, 1.807) is 43.9 Å². The zero-order valence-electron chi connectivity index (χ0n) is 14.4. The van der Waals surface area contributed by atoms with E-state index in [1.165, 1.54) is 4.31 Å². The standard InChI is InChI=1S/C16H23BrN2O4S/c1-12-5-6-13(11-14(12)17)24(21,22)19-9-7-18(8-10-19)15(20)23-16(2,3)4/h5-6,11H,7-10H2,1-4H3. The minimum absolute atomic E-state index is 0.255. The van der Waals surface area contributed by atoms with E-state index in [2.05, 4.69) is 15.9 Å². The topological polar surface area (TPSA) is 66.9 Å². The molecule has 8 heteroatoms. The second kappa shape index (κ2) is 7.01. The molecule has 2 rings (SSSR count). The first-order chi connectivity index (χ1) is 11.0. The van der Waals surface area contributed by atoms with Gasteiger partial charge in [-0.05, 0) is 45.4 Å². The van der Waals surface area contributed by atoms with E-state index < -0.39 is 21.7 Å². The maximum atomic E-state index is 12.7. The lowest BCUT2D eigenvalue weighted by Crippen LogP contribution is -2.51. The van der Waals surface area contributed by atoms with E-state index in [0.29, 0.717) is 13.1 Å². The molecular formula is C16H23BrN2O4S. The molecule has 0 atom stereocenters. The van der Waals surface area contributed by atoms with Gasteiger partial charge in [0, 0.05) is 30.7 Å². The predicted octanol–water partition coefficient (Wildman–Crippen LogP) is 3.00. The van der Waals surface area contributed by atoms with Gasteiger partial charge in [-0.3, -0.25) is 0 Å². The van der Waals surface area contributed by atoms with Crippen LogP contribution in [0.4, 0.5) is 4.79 Å². The summed E-state index contributed by atoms with van der Waals surface area (Å²) in [7, 11) is -3.56. The van der Waals surface area contributed by atoms with E-state index >= 15 is 0 Å². The number of piperazine rings is 1. The number of carbonyl (C=O) groups is 1. The molecule has 0 bridgehead atoms. The monoisotopic (exact) mass is 418 g/mol. The number of hydrogen-bond donors (Lipinski definition) is 0. The molecule has 1 aliphatic heterocycles. The predicted molar refractivity (Wildman–Crippen MR) is 95.4 cm³/mol. The minimum atomic E-state index is -3.56. The molecule has 0 spiro atoms. The molecule has 1 aromatic carbocycles. The number of ether oxygens (including phenoxy) is 1. The van der Waals surface area contributed by atoms with E-state index in [0.717, 1.165) is 10.0 Å². The minimum Gasteiger partial charge on any atom is -0.444 e. The van der Waals surface area contributed by atoms with Crippen LogP contribution in [0.25, 0.3) is 0 Å². The van der Waals surface area contributed by atoms with Crippen molar-refractivity contribution in [2.45, 2.75) is 38.2 Å². The van der Waals surface area contributed by atoms with Crippen molar-refractivity contribution in [3.05, 3.63) is 28.2 Å². The summed E-state index contributed by atoms with van der Waals surface area (Å²) in [4.78, 5) is 13.9. The summed E-state index contributed by atoms with van der Waals surface area (Å²) >= 11 is 3.37. The molecule has 1 saturated heterocycles. The average molecular weight is 419 g/mol. The van der Waals surface area contributed by atoms with Gasteiger partial charge in [-0.1, -0.05) is 22.0 Å². The van der Waals surface area contributed by atoms with E-state index in [-0.39, 0.29) is 18.0 Å². The van der Waals surface area contributed by atoms with Crippen molar-refractivity contribution in [1.29, 1.82) is 0 Å². The number of carbonyl (C=O) groups excluding carboxylic acids is 1. The summed E-state index contributed by atoms with van der Waals surface area (Å²) in [5, 5.41) is 0. The second-order valence-corrected chi connectivity index (χ2v) is 9.57. The fourth-order valence-electron chi connectivity index (χ4n) is 2.32. The highest BCUT2D eigenvalue weighted by Crippen LogP contribution is 2.24. The van der Waals surface area contributed by atoms with Crippen molar-refractivity contribution < 1.29 is 17.9 Å². The molecule has 0 aliphatic carbocycles. The van der Waals surface area contributed by atoms with Crippen LogP contribution in [0.1, 0.15) is 26.3 Å². The first-order valence-corrected chi connectivity index (χ1v) is 9.98. The van der Waals surface area contributed by atoms with Crippen LogP contribution in [-0.2, 0) is 14.8 Å². The number of benzene rings is 1. The van der Waals surface area contributed by atoms with Gasteiger partial charge < -0.3 is 9.64 Å². The summed E-state index contributed by atoms with van der Waals surface area (Å²) in [6.45, 7) is 8.48. The Morgan fingerprint density at radius 3 is 2.25 bits per heavy atom. The quantitative estimate of drug-likeness (QED) is 0.739. The van der Waals surface area contributed by atoms with Gasteiger partial charge in [0.05, 0.1) is 4.90 Å². The van der Waals surface area contributed by atoms with Crippen LogP contribution in [0.15, 0.2) is 27.6 Å². The number of halogens is 1. The van der Waals surface area contributed by atoms with E-state index in [4.69, 9.17) is 4.74 Å². The number of sulfonamides is 1. The van der Waals surface area contributed by atoms with Gasteiger partial charge in [-0.15, -0.1) is 0 Å². The number of hydrogen-bond acceptors (Lipinski definition) is 4. The number of nitrogens with zero attached hydrogens (tertiary/aromatic N) is 2. The first kappa shape index (κ1) is 19.2. The molecule has 0 radical (unpaired) electrons. The third-order valence-corrected chi connectivity index (χ3v) is 6.42. The Kier molecular flexibility index (Phi) is 5.61. The zero-order valence-corrected chi connectivity index (χ0v) is 16.8. The molecule has 134 valence electrons. The Hall–Kier alpha value is -1.12. The van der Waals surface area contributed by atoms with Crippen LogP contribution >= 0.6 is 15.9 Å². The Bertz CT molecular complexity index is 720. The molecule has 1 amide bonds. The van der Waals surface area contributed by atoms with Crippen LogP contribution in [0, 0.1) is 6.92 Å². The van der Waals surface area contributed by atoms with Crippen molar-refractivity contribution in [2.75, 3.05) is 26.2 Å². The van der Waals surface area contributed by atoms with Crippen molar-refractivity contribution in [3.63, 3.8) is 0 Å². The summed E-state index contributed by atoms with van der Waals surface area (Å²) in [5.74, 6) is 0. The second-order valence-electron chi connectivity index (χ2n) is 6.78. The average Bonchev–Trinajstić information content (AvgIpc) is 2.48. The molecule has 0 saturated carbocycles. The van der Waals surface area contributed by atoms with Gasteiger partial charge in [-0.2, -0.15) is 4.31 Å². The van der Waals surface area contributed by atoms with Crippen molar-refractivity contribution in [2.24, 2.45) is 0 Å². The molecule has 1 aromatic rings. The molecule has 6 nitrogen and oxygen atoms in total. The number of rotatable bonds is 2. The Labute approximate surface area is 151 Å². The van der Waals surface area contributed by atoms with E-state index in [1.807, 2.05) is 6.92 Å². The fraction of sp³-hybridized carbons (Fsp3) is 0.562. The molecule has 1 aliphatic rings. The Balaban J connectivity index is 2.05. The molecular weight excluding hydrogens is 396 g/mol. The molecule has 1 heterocycles. The van der Waals surface area contributed by atoms with E-state index in [9.17, 15) is 13.2 Å². The van der Waals surface area contributed by atoms with Crippen LogP contribution < -0.4 is 0 Å². The van der Waals surface area contributed by atoms with Crippen molar-refractivity contribution in [1.82, 2.24) is 9.21 Å². The number of aryl methyl sites for hydroxylation is 1. The largest absolute Gasteiger partial charge is 0.444 e. The summed E-state index contributed by atoms with van der Waals surface area (Å²) in [6.07, 6.45) is -0.405. The highest BCUT2D eigenvalue weighted by atomic mass is 79.9. The van der Waals surface area contributed by atoms with Crippen LogP contribution in [-0.4, -0.2) is 55.5 Å². The maximum absolute atomic E-state index is 12.7. The lowest BCUT2D eigenvalue weighted by atomic mass is 10.2. The summed E-state index contributed by atoms with van der Waals surface area (Å²) in [5.41, 5.74) is 0.415. The molecule has 0 aromatic heterocycles. The van der Waals surface area contributed by atoms with Crippen molar-refractivity contribution in [3.8, 4) is 0 Å². The Morgan fingerprint density at radius 1 is 1.17 bits per heavy atom. The molecule has 1 fully saturated rings. The zero-order chi connectivity index (χ0) is 18.1. The summed E-state index contributed by atoms with van der Waals surface area (Å²) < 4.78 is 32.9. The fourth-order valence-corrected chi connectivity index (χ4v) is 4.30. The molecule has 0 unspecified atom stereocenters. The molecule has 24 heavy (non-hydrogen) atoms. The van der Waals surface area contributed by atoms with Crippen molar-refractivity contribution >= 4 is 32.0 Å². The normalized spacial score (nSPS) is 17.0. The van der Waals surface area contributed by atoms with Crippen LogP contribution in [0.5, 0.6) is 0 Å². The third kappa shape index (κ3) is 4.49. The van der Waals surface area contributed by atoms with Gasteiger partial charge in [0.2, 0.25) is 10.0 Å². The van der Waals surface area contributed by atoms with Gasteiger partial charge in [0.1, 0.15) is 5.60 Å². The lowest BCUT2D eigenvalue weighted by molar-refractivity contribution is 0.0192. The number of amides is 1. The first-order valence-electron chi connectivity index (χ1n) is 7.75. The highest BCUT2D eigenvalue weighted by Gasteiger charge is 2.32. The third-order valence-electron chi connectivity index (χ3n) is 3.67. The van der Waals surface area contributed by atoms with Gasteiger partial charge in [0.15, 0.2) is 0 Å². The van der Waals surface area contributed by atoms with Gasteiger partial charge >= 0.3 is 6.09 Å². The smallest absolute Gasteiger partial charge is 0.410 e. The van der Waals surface area contributed by atoms with Crippen LogP contribution in [0.2, 0.25) is 0 Å². The highest BCUT2D eigenvalue weighted by molar-refractivity contribution is 9.10. The lowest BCUT2D eigenvalue weighted by Gasteiger charge is -2.35. The SMILES string of the molecule is Cc1ccc(S(=O)(=O)N2CCN(C(=O)OC(C)(C)C)CC2)cc1Br. The van der Waals surface area contributed by atoms with Crippen LogP contribution in [0.3, 0.4) is 0 Å². The molecule has 0 N–H and O–H groups in total. The Morgan fingerprint density at radius 2 is 1.75 bits per heavy atom.